The van der Waals surface area contributed by atoms with Gasteiger partial charge in [-0.15, -0.1) is 10.2 Å². The Hall–Kier alpha value is -3.46. The van der Waals surface area contributed by atoms with Gasteiger partial charge in [0.05, 0.1) is 5.75 Å². The Kier molecular flexibility index (Phi) is 5.72. The van der Waals surface area contributed by atoms with Gasteiger partial charge in [0.2, 0.25) is 5.91 Å². The zero-order valence-electron chi connectivity index (χ0n) is 17.6. The van der Waals surface area contributed by atoms with Crippen molar-refractivity contribution in [1.82, 2.24) is 25.1 Å². The Morgan fingerprint density at radius 2 is 2.00 bits per heavy atom. The number of hydrogen-bond donors (Lipinski definition) is 2. The van der Waals surface area contributed by atoms with Gasteiger partial charge in [-0.25, -0.2) is 0 Å². The minimum Gasteiger partial charge on any atom is -0.485 e. The van der Waals surface area contributed by atoms with E-state index >= 15 is 0 Å². The number of fused-ring (bicyclic) bond motifs is 2. The quantitative estimate of drug-likeness (QED) is 0.421. The van der Waals surface area contributed by atoms with Crippen LogP contribution < -0.4 is 14.8 Å². The van der Waals surface area contributed by atoms with Crippen molar-refractivity contribution in [2.45, 2.75) is 17.7 Å². The third kappa shape index (κ3) is 4.16. The molecule has 9 heteroatoms. The van der Waals surface area contributed by atoms with Gasteiger partial charge >= 0.3 is 0 Å². The molecule has 0 saturated heterocycles. The number of carbonyl (C=O) groups is 1. The number of aromatic amines is 1. The monoisotopic (exact) mass is 449 g/mol. The first-order valence-corrected chi connectivity index (χ1v) is 11.4. The van der Waals surface area contributed by atoms with Crippen LogP contribution in [0, 0.1) is 0 Å². The number of thioether (sulfide) groups is 1. The van der Waals surface area contributed by atoms with Gasteiger partial charge in [-0.3, -0.25) is 4.79 Å². The first kappa shape index (κ1) is 20.4. The van der Waals surface area contributed by atoms with E-state index in [-0.39, 0.29) is 17.8 Å². The fourth-order valence-electron chi connectivity index (χ4n) is 3.74. The number of para-hydroxylation sites is 3. The summed E-state index contributed by atoms with van der Waals surface area (Å²) in [5.41, 5.74) is 2.31. The van der Waals surface area contributed by atoms with Crippen LogP contribution in [0.4, 0.5) is 0 Å². The molecule has 1 atom stereocenters. The largest absolute Gasteiger partial charge is 0.485 e. The maximum Gasteiger partial charge on any atom is 0.230 e. The number of H-pyrrole nitrogens is 1. The normalized spacial score (nSPS) is 15.1. The van der Waals surface area contributed by atoms with E-state index < -0.39 is 0 Å². The molecule has 5 rings (SSSR count). The summed E-state index contributed by atoms with van der Waals surface area (Å²) < 4.78 is 13.6. The number of nitrogens with zero attached hydrogens (tertiary/aromatic N) is 3. The van der Waals surface area contributed by atoms with E-state index in [0.717, 1.165) is 17.7 Å². The lowest BCUT2D eigenvalue weighted by Gasteiger charge is -2.25. The number of benzene rings is 2. The van der Waals surface area contributed by atoms with E-state index in [2.05, 4.69) is 26.6 Å². The maximum absolute atomic E-state index is 12.3. The van der Waals surface area contributed by atoms with Crippen molar-refractivity contribution in [1.29, 1.82) is 0 Å². The van der Waals surface area contributed by atoms with Crippen LogP contribution in [0.25, 0.3) is 10.9 Å². The molecule has 0 fully saturated rings. The van der Waals surface area contributed by atoms with Gasteiger partial charge in [-0.05, 0) is 30.2 Å². The average molecular weight is 450 g/mol. The lowest BCUT2D eigenvalue weighted by molar-refractivity contribution is -0.118. The summed E-state index contributed by atoms with van der Waals surface area (Å²) in [6.45, 7) is 0.944. The molecule has 0 spiro atoms. The minimum atomic E-state index is -0.346. The topological polar surface area (TPSA) is 94.1 Å². The van der Waals surface area contributed by atoms with Crippen LogP contribution in [0.1, 0.15) is 17.5 Å². The molecule has 32 heavy (non-hydrogen) atoms. The van der Waals surface area contributed by atoms with E-state index in [1.165, 1.54) is 22.7 Å². The highest BCUT2D eigenvalue weighted by atomic mass is 32.2. The second kappa shape index (κ2) is 8.96. The highest BCUT2D eigenvalue weighted by Gasteiger charge is 2.27. The van der Waals surface area contributed by atoms with Crippen molar-refractivity contribution < 1.29 is 14.3 Å². The molecule has 164 valence electrons. The molecule has 0 bridgehead atoms. The fraction of sp³-hybridized carbons (Fsp3) is 0.261. The van der Waals surface area contributed by atoms with Gasteiger partial charge in [-0.1, -0.05) is 42.1 Å². The lowest BCUT2D eigenvalue weighted by atomic mass is 10.1. The Balaban J connectivity index is 1.13. The number of ether oxygens (including phenoxy) is 2. The van der Waals surface area contributed by atoms with Crippen LogP contribution in [0.15, 0.2) is 59.9 Å². The molecule has 2 aromatic carbocycles. The second-order valence-corrected chi connectivity index (χ2v) is 8.45. The van der Waals surface area contributed by atoms with E-state index in [1.54, 1.807) is 0 Å². The molecule has 2 aromatic heterocycles. The zero-order valence-corrected chi connectivity index (χ0v) is 18.4. The summed E-state index contributed by atoms with van der Waals surface area (Å²) in [7, 11) is 1.87. The summed E-state index contributed by atoms with van der Waals surface area (Å²) in [5, 5.41) is 13.3. The van der Waals surface area contributed by atoms with Crippen molar-refractivity contribution >= 4 is 28.6 Å². The van der Waals surface area contributed by atoms with E-state index in [4.69, 9.17) is 9.47 Å². The summed E-state index contributed by atoms with van der Waals surface area (Å²) in [6.07, 6.45) is 2.43. The molecule has 0 saturated carbocycles. The van der Waals surface area contributed by atoms with Crippen LogP contribution >= 0.6 is 11.8 Å². The number of nitrogens with one attached hydrogen (secondary N) is 2. The van der Waals surface area contributed by atoms with Crippen molar-refractivity contribution in [2.75, 3.05) is 18.9 Å². The summed E-state index contributed by atoms with van der Waals surface area (Å²) in [5.74, 6) is 2.32. The van der Waals surface area contributed by atoms with Crippen LogP contribution in [0.5, 0.6) is 11.5 Å². The first-order chi connectivity index (χ1) is 15.7. The van der Waals surface area contributed by atoms with E-state index in [0.29, 0.717) is 29.9 Å². The molecule has 1 amide bonds. The minimum absolute atomic E-state index is 0.0365. The summed E-state index contributed by atoms with van der Waals surface area (Å²) >= 11 is 1.35. The summed E-state index contributed by atoms with van der Waals surface area (Å²) in [6, 6.07) is 15.7. The van der Waals surface area contributed by atoms with Crippen LogP contribution in [0.3, 0.4) is 0 Å². The molecule has 1 unspecified atom stereocenters. The molecule has 1 aliphatic heterocycles. The van der Waals surface area contributed by atoms with Crippen LogP contribution in [-0.2, 0) is 18.3 Å². The van der Waals surface area contributed by atoms with E-state index in [1.807, 2.05) is 60.3 Å². The number of hydrogen-bond acceptors (Lipinski definition) is 6. The van der Waals surface area contributed by atoms with Crippen LogP contribution in [-0.4, -0.2) is 44.6 Å². The fourth-order valence-corrected chi connectivity index (χ4v) is 4.48. The number of amides is 1. The predicted molar refractivity (Wildman–Crippen MR) is 122 cm³/mol. The van der Waals surface area contributed by atoms with Crippen LogP contribution in [0.2, 0.25) is 0 Å². The third-order valence-corrected chi connectivity index (χ3v) is 6.41. The lowest BCUT2D eigenvalue weighted by Crippen LogP contribution is -2.27. The first-order valence-electron chi connectivity index (χ1n) is 10.4. The third-order valence-electron chi connectivity index (χ3n) is 5.39. The zero-order chi connectivity index (χ0) is 21.9. The Labute approximate surface area is 189 Å². The molecular formula is C23H23N5O3S. The molecular weight excluding hydrogens is 426 g/mol. The van der Waals surface area contributed by atoms with Crippen molar-refractivity contribution in [3.05, 3.63) is 66.1 Å². The predicted octanol–water partition coefficient (Wildman–Crippen LogP) is 3.26. The standard InChI is InChI=1S/C23H23N5O3S/c1-28-22(20-13-30-18-8-4-5-9-19(18)31-20)26-27-23(28)32-14-21(29)24-11-10-15-12-25-17-7-3-2-6-16(15)17/h2-9,12,20,25H,10-11,13-14H2,1H3,(H,24,29). The van der Waals surface area contributed by atoms with Crippen molar-refractivity contribution in [3.8, 4) is 11.5 Å². The van der Waals surface area contributed by atoms with Gasteiger partial charge in [-0.2, -0.15) is 0 Å². The molecule has 3 heterocycles. The second-order valence-electron chi connectivity index (χ2n) is 7.51. The molecule has 0 radical (unpaired) electrons. The average Bonchev–Trinajstić information content (AvgIpc) is 3.41. The van der Waals surface area contributed by atoms with Gasteiger partial charge in [0.15, 0.2) is 28.6 Å². The Bertz CT molecular complexity index is 1250. The highest BCUT2D eigenvalue weighted by molar-refractivity contribution is 7.99. The number of carbonyl (C=O) groups excluding carboxylic acids is 1. The Morgan fingerprint density at radius 1 is 1.19 bits per heavy atom. The van der Waals surface area contributed by atoms with E-state index in [9.17, 15) is 4.79 Å². The Morgan fingerprint density at radius 3 is 2.91 bits per heavy atom. The molecule has 2 N–H and O–H groups in total. The molecule has 1 aliphatic rings. The van der Waals surface area contributed by atoms with Gasteiger partial charge < -0.3 is 24.3 Å². The maximum atomic E-state index is 12.3. The smallest absolute Gasteiger partial charge is 0.230 e. The number of rotatable bonds is 7. The number of aromatic nitrogens is 4. The molecule has 4 aromatic rings. The van der Waals surface area contributed by atoms with Crippen molar-refractivity contribution in [3.63, 3.8) is 0 Å². The van der Waals surface area contributed by atoms with Crippen molar-refractivity contribution in [2.24, 2.45) is 7.05 Å². The molecule has 8 nitrogen and oxygen atoms in total. The van der Waals surface area contributed by atoms with Gasteiger partial charge in [0.25, 0.3) is 0 Å². The highest BCUT2D eigenvalue weighted by Crippen LogP contribution is 2.35. The molecule has 0 aliphatic carbocycles. The van der Waals surface area contributed by atoms with Gasteiger partial charge in [0.1, 0.15) is 6.61 Å². The summed E-state index contributed by atoms with van der Waals surface area (Å²) in [4.78, 5) is 15.6. The SMILES string of the molecule is Cn1c(SCC(=O)NCCc2c[nH]c3ccccc23)nnc1C1COc2ccccc2O1. The van der Waals surface area contributed by atoms with Gasteiger partial charge in [0, 0.05) is 30.7 Å².